The largest absolute Gasteiger partial charge is 0.508 e. The van der Waals surface area contributed by atoms with Crippen molar-refractivity contribution >= 4 is 40.6 Å². The van der Waals surface area contributed by atoms with E-state index in [1.807, 2.05) is 52.0 Å². The molecule has 0 unspecified atom stereocenters. The standard InChI is InChI=1S/C44H55N9O11/c1-22(2)15-31(47-42(62)48-33(41(60)61)18-25-20-45-30-10-8-7-9-28(25)30)37(57)50-36(38(58)46-21-27-19-34(55)40(64-27)53-14-13-35(56)49-43(53)63)23(3)52(6)39(59)32-17-24-16-26(54)11-12-29(24)44(4,5)51-32/h7-14,16,20-23,31-34,36,40,45,51,54-55H,15,17-19H2,1-6H3,(H,46,58)(H,50,57)(H,60,61)(H2,47,48,62)(H,49,56,63)/b27-21+/t23-,31-,32-,33-,34+,36-,40+/m0/s1. The number of nitrogens with zero attached hydrogens (tertiary/aromatic N) is 2. The Kier molecular flexibility index (Phi) is 14.0. The molecule has 6 rings (SSSR count). The van der Waals surface area contributed by atoms with Gasteiger partial charge in [0.05, 0.1) is 12.1 Å². The zero-order chi connectivity index (χ0) is 46.6. The molecule has 7 atom stereocenters. The molecule has 0 radical (unpaired) electrons. The number of carbonyl (C=O) groups excluding carboxylic acids is 4. The molecule has 0 bridgehead atoms. The van der Waals surface area contributed by atoms with Crippen LogP contribution in [-0.2, 0) is 42.3 Å². The number of phenols is 1. The van der Waals surface area contributed by atoms with E-state index < -0.39 is 89.1 Å². The molecule has 0 spiro atoms. The first kappa shape index (κ1) is 46.6. The Morgan fingerprint density at radius 3 is 2.41 bits per heavy atom. The van der Waals surface area contributed by atoms with E-state index in [1.54, 1.807) is 31.3 Å². The number of aromatic nitrogens is 3. The molecule has 4 heterocycles. The van der Waals surface area contributed by atoms with E-state index in [9.17, 15) is 48.9 Å². The van der Waals surface area contributed by atoms with Crippen LogP contribution in [0, 0.1) is 5.92 Å². The summed E-state index contributed by atoms with van der Waals surface area (Å²) in [5.41, 5.74) is 0.948. The van der Waals surface area contributed by atoms with E-state index >= 15 is 0 Å². The van der Waals surface area contributed by atoms with Crippen molar-refractivity contribution in [2.45, 2.75) is 108 Å². The molecule has 1 saturated heterocycles. The first-order chi connectivity index (χ1) is 30.2. The second-order valence-electron chi connectivity index (χ2n) is 17.2. The number of carbonyl (C=O) groups is 5. The average Bonchev–Trinajstić information content (AvgIpc) is 3.81. The van der Waals surface area contributed by atoms with Crippen molar-refractivity contribution in [2.24, 2.45) is 5.92 Å². The van der Waals surface area contributed by atoms with Crippen molar-refractivity contribution in [3.8, 4) is 5.75 Å². The predicted molar refractivity (Wildman–Crippen MR) is 233 cm³/mol. The van der Waals surface area contributed by atoms with Crippen LogP contribution in [0.15, 0.2) is 82.5 Å². The first-order valence-corrected chi connectivity index (χ1v) is 20.9. The number of nitrogens with one attached hydrogen (secondary N) is 7. The van der Waals surface area contributed by atoms with Gasteiger partial charge in [-0.3, -0.25) is 34.0 Å². The highest BCUT2D eigenvalue weighted by molar-refractivity contribution is 5.94. The molecule has 4 aromatic rings. The summed E-state index contributed by atoms with van der Waals surface area (Å²) in [5, 5.41) is 45.5. The summed E-state index contributed by atoms with van der Waals surface area (Å²) in [4.78, 5) is 99.0. The number of likely N-dealkylation sites (N-methyl/N-ethyl adjacent to an activating group) is 1. The molecule has 5 amide bonds. The van der Waals surface area contributed by atoms with Gasteiger partial charge >= 0.3 is 17.7 Å². The molecule has 1 fully saturated rings. The van der Waals surface area contributed by atoms with E-state index in [1.165, 1.54) is 11.9 Å². The molecule has 2 aliphatic heterocycles. The highest BCUT2D eigenvalue weighted by Gasteiger charge is 2.41. The van der Waals surface area contributed by atoms with E-state index in [4.69, 9.17) is 4.74 Å². The van der Waals surface area contributed by atoms with E-state index in [0.717, 1.165) is 45.1 Å². The Labute approximate surface area is 367 Å². The lowest BCUT2D eigenvalue weighted by Crippen LogP contribution is -2.63. The lowest BCUT2D eigenvalue weighted by Gasteiger charge is -2.41. The molecule has 64 heavy (non-hydrogen) atoms. The van der Waals surface area contributed by atoms with Crippen LogP contribution in [0.2, 0.25) is 0 Å². The summed E-state index contributed by atoms with van der Waals surface area (Å²) >= 11 is 0. The fourth-order valence-electron chi connectivity index (χ4n) is 8.20. The maximum atomic E-state index is 14.3. The number of aliphatic hydroxyl groups is 1. The molecule has 2 aromatic heterocycles. The van der Waals surface area contributed by atoms with Crippen molar-refractivity contribution in [3.05, 3.63) is 110 Å². The number of ether oxygens (including phenoxy) is 1. The van der Waals surface area contributed by atoms with Crippen LogP contribution in [0.25, 0.3) is 10.9 Å². The quantitative estimate of drug-likeness (QED) is 0.0805. The molecule has 2 aliphatic rings. The number of aliphatic carboxylic acids is 1. The second kappa shape index (κ2) is 19.2. The molecule has 2 aromatic carbocycles. The fourth-order valence-corrected chi connectivity index (χ4v) is 8.20. The summed E-state index contributed by atoms with van der Waals surface area (Å²) in [7, 11) is 1.48. The van der Waals surface area contributed by atoms with Gasteiger partial charge in [0.1, 0.15) is 35.7 Å². The van der Waals surface area contributed by atoms with Crippen molar-refractivity contribution in [3.63, 3.8) is 0 Å². The number of hydrogen-bond donors (Lipinski definition) is 10. The summed E-state index contributed by atoms with van der Waals surface area (Å²) in [6.45, 7) is 8.97. The van der Waals surface area contributed by atoms with E-state index in [0.29, 0.717) is 5.56 Å². The third-order valence-corrected chi connectivity index (χ3v) is 11.6. The minimum absolute atomic E-state index is 0.0415. The molecule has 20 nitrogen and oxygen atoms in total. The van der Waals surface area contributed by atoms with Gasteiger partial charge in [-0.2, -0.15) is 0 Å². The minimum Gasteiger partial charge on any atom is -0.508 e. The van der Waals surface area contributed by atoms with Gasteiger partial charge < -0.3 is 51.2 Å². The normalized spacial score (nSPS) is 20.3. The van der Waals surface area contributed by atoms with Crippen molar-refractivity contribution in [2.75, 3.05) is 7.05 Å². The Balaban J connectivity index is 1.22. The highest BCUT2D eigenvalue weighted by Crippen LogP contribution is 2.33. The number of amides is 5. The van der Waals surface area contributed by atoms with Crippen LogP contribution in [0.1, 0.15) is 70.4 Å². The summed E-state index contributed by atoms with van der Waals surface area (Å²) in [6, 6.07) is 6.43. The van der Waals surface area contributed by atoms with Gasteiger partial charge in [0.2, 0.25) is 23.9 Å². The van der Waals surface area contributed by atoms with Gasteiger partial charge in [0.25, 0.3) is 5.56 Å². The lowest BCUT2D eigenvalue weighted by atomic mass is 9.82. The topological polar surface area (TPSA) is 289 Å². The van der Waals surface area contributed by atoms with Crippen LogP contribution < -0.4 is 37.8 Å². The number of benzene rings is 2. The Hall–Kier alpha value is -6.93. The summed E-state index contributed by atoms with van der Waals surface area (Å²) in [6.07, 6.45) is 1.58. The van der Waals surface area contributed by atoms with Crippen LogP contribution in [0.5, 0.6) is 5.75 Å². The zero-order valence-corrected chi connectivity index (χ0v) is 36.3. The number of aliphatic hydroxyl groups excluding tert-OH is 1. The third kappa shape index (κ3) is 10.6. The molecular formula is C44H55N9O11. The van der Waals surface area contributed by atoms with Gasteiger partial charge in [0, 0.05) is 61.0 Å². The number of carboxylic acids is 1. The predicted octanol–water partition coefficient (Wildman–Crippen LogP) is 1.15. The monoisotopic (exact) mass is 885 g/mol. The minimum atomic E-state index is -1.48. The lowest BCUT2D eigenvalue weighted by molar-refractivity contribution is -0.139. The number of carboxylic acid groups (broad SMARTS) is 1. The number of H-pyrrole nitrogens is 2. The third-order valence-electron chi connectivity index (χ3n) is 11.6. The number of hydrogen-bond acceptors (Lipinski definition) is 11. The van der Waals surface area contributed by atoms with Gasteiger partial charge in [0.15, 0.2) is 0 Å². The maximum absolute atomic E-state index is 14.3. The van der Waals surface area contributed by atoms with Gasteiger partial charge in [-0.1, -0.05) is 38.1 Å². The SMILES string of the molecule is CC(C)C[C@H](NC(=O)N[C@@H](Cc1c[nH]c2ccccc12)C(=O)O)C(=O)N[C@H](C(=O)N/C=C1\C[C@@H](O)[C@H](n2ccc(=O)[nH]c2=O)O1)[C@H](C)N(C)C(=O)[C@@H]1Cc2cc(O)ccc2C(C)(C)N1. The number of phenolic OH excluding ortho intramolecular Hbond substituents is 1. The van der Waals surface area contributed by atoms with Crippen LogP contribution >= 0.6 is 0 Å². The fraction of sp³-hybridized carbons (Fsp3) is 0.432. The highest BCUT2D eigenvalue weighted by atomic mass is 16.5. The number of para-hydroxylation sites is 1. The van der Waals surface area contributed by atoms with Crippen LogP contribution in [0.4, 0.5) is 4.79 Å². The molecular weight excluding hydrogens is 831 g/mol. The second-order valence-corrected chi connectivity index (χ2v) is 17.2. The molecule has 0 aliphatic carbocycles. The molecule has 20 heteroatoms. The molecule has 342 valence electrons. The maximum Gasteiger partial charge on any atom is 0.331 e. The summed E-state index contributed by atoms with van der Waals surface area (Å²) in [5.74, 6) is -3.43. The Morgan fingerprint density at radius 1 is 0.984 bits per heavy atom. The summed E-state index contributed by atoms with van der Waals surface area (Å²) < 4.78 is 6.75. The van der Waals surface area contributed by atoms with Crippen LogP contribution in [-0.4, -0.2) is 108 Å². The Morgan fingerprint density at radius 2 is 1.70 bits per heavy atom. The van der Waals surface area contributed by atoms with E-state index in [2.05, 4.69) is 36.6 Å². The number of fused-ring (bicyclic) bond motifs is 2. The smallest absolute Gasteiger partial charge is 0.331 e. The van der Waals surface area contributed by atoms with Crippen molar-refractivity contribution in [1.29, 1.82) is 0 Å². The number of aromatic hydroxyl groups is 1. The van der Waals surface area contributed by atoms with Crippen molar-refractivity contribution in [1.82, 2.24) is 46.0 Å². The molecule has 10 N–H and O–H groups in total. The number of urea groups is 1. The number of rotatable bonds is 15. The van der Waals surface area contributed by atoms with Crippen molar-refractivity contribution < 1.29 is 44.0 Å². The van der Waals surface area contributed by atoms with E-state index in [-0.39, 0.29) is 43.1 Å². The first-order valence-electron chi connectivity index (χ1n) is 20.9. The average molecular weight is 886 g/mol. The number of aromatic amines is 2. The molecule has 0 saturated carbocycles. The van der Waals surface area contributed by atoms with Gasteiger partial charge in [-0.15, -0.1) is 0 Å². The van der Waals surface area contributed by atoms with Gasteiger partial charge in [-0.25, -0.2) is 14.4 Å². The van der Waals surface area contributed by atoms with Gasteiger partial charge in [-0.05, 0) is 74.4 Å². The Bertz CT molecular complexity index is 2560. The zero-order valence-electron chi connectivity index (χ0n) is 36.3. The van der Waals surface area contributed by atoms with Crippen LogP contribution in [0.3, 0.4) is 0 Å².